The van der Waals surface area contributed by atoms with Gasteiger partial charge in [0.25, 0.3) is 0 Å². The molecule has 0 spiro atoms. The van der Waals surface area contributed by atoms with Crippen molar-refractivity contribution in [3.05, 3.63) is 30.7 Å². The molecule has 3 nitrogen and oxygen atoms in total. The van der Waals surface area contributed by atoms with Gasteiger partial charge in [-0.1, -0.05) is 0 Å². The second-order valence-corrected chi connectivity index (χ2v) is 1.68. The predicted octanol–water partition coefficient (Wildman–Crippen LogP) is 0.729. The van der Waals surface area contributed by atoms with Gasteiger partial charge in [0.1, 0.15) is 0 Å². The monoisotopic (exact) mass is 120 g/mol. The number of hydrogen-bond donors (Lipinski definition) is 0. The van der Waals surface area contributed by atoms with Crippen molar-refractivity contribution in [2.45, 2.75) is 0 Å². The molecule has 0 amide bonds. The Morgan fingerprint density at radius 3 is 3.44 bits per heavy atom. The van der Waals surface area contributed by atoms with Gasteiger partial charge in [-0.15, -0.1) is 0 Å². The van der Waals surface area contributed by atoms with Crippen molar-refractivity contribution in [3.8, 4) is 0 Å². The van der Waals surface area contributed by atoms with Gasteiger partial charge in [0.2, 0.25) is 0 Å². The third-order valence-corrected chi connectivity index (χ3v) is 1.11. The van der Waals surface area contributed by atoms with Crippen LogP contribution in [0.1, 0.15) is 1.37 Å². The van der Waals surface area contributed by atoms with Crippen LogP contribution in [0.15, 0.2) is 30.7 Å². The van der Waals surface area contributed by atoms with Gasteiger partial charge in [-0.05, 0) is 12.1 Å². The first kappa shape index (κ1) is 3.61. The minimum absolute atomic E-state index is 0.315. The van der Waals surface area contributed by atoms with Gasteiger partial charge in [-0.3, -0.25) is 0 Å². The first-order valence-corrected chi connectivity index (χ1v) is 2.63. The Morgan fingerprint density at radius 2 is 2.56 bits per heavy atom. The van der Waals surface area contributed by atoms with Crippen LogP contribution in [0, 0.1) is 0 Å². The molecule has 2 heterocycles. The minimum atomic E-state index is 0.315. The van der Waals surface area contributed by atoms with Crippen LogP contribution < -0.4 is 0 Å². The van der Waals surface area contributed by atoms with Gasteiger partial charge in [-0.25, -0.2) is 9.50 Å². The van der Waals surface area contributed by atoms with E-state index in [2.05, 4.69) is 10.1 Å². The molecule has 2 aromatic heterocycles. The second-order valence-electron chi connectivity index (χ2n) is 1.68. The lowest BCUT2D eigenvalue weighted by molar-refractivity contribution is 0.936. The highest BCUT2D eigenvalue weighted by Gasteiger charge is 1.86. The van der Waals surface area contributed by atoms with Gasteiger partial charge in [0, 0.05) is 18.6 Å². The van der Waals surface area contributed by atoms with E-state index in [4.69, 9.17) is 1.37 Å². The van der Waals surface area contributed by atoms with E-state index in [0.717, 1.165) is 0 Å². The van der Waals surface area contributed by atoms with Crippen LogP contribution >= 0.6 is 0 Å². The average Bonchev–Trinajstić information content (AvgIpc) is 2.34. The summed E-state index contributed by atoms with van der Waals surface area (Å²) in [6, 6.07) is 3.60. The molecular formula is C6H5N3. The van der Waals surface area contributed by atoms with Crippen LogP contribution in [0.5, 0.6) is 0 Å². The van der Waals surface area contributed by atoms with Crippen LogP contribution in [0.25, 0.3) is 5.65 Å². The van der Waals surface area contributed by atoms with Crippen molar-refractivity contribution in [1.29, 1.82) is 0 Å². The molecule has 0 aliphatic carbocycles. The number of hydrogen-bond acceptors (Lipinski definition) is 2. The van der Waals surface area contributed by atoms with Crippen LogP contribution in [0.2, 0.25) is 0 Å². The molecule has 2 aromatic rings. The Kier molecular flexibility index (Phi) is 0.621. The number of imidazole rings is 1. The molecule has 0 fully saturated rings. The van der Waals surface area contributed by atoms with Crippen molar-refractivity contribution >= 4 is 5.65 Å². The fourth-order valence-electron chi connectivity index (χ4n) is 0.711. The van der Waals surface area contributed by atoms with E-state index in [-0.39, 0.29) is 0 Å². The van der Waals surface area contributed by atoms with Crippen LogP contribution in [-0.4, -0.2) is 14.6 Å². The third kappa shape index (κ3) is 0.579. The Bertz CT molecular complexity index is 355. The fourth-order valence-corrected chi connectivity index (χ4v) is 0.711. The van der Waals surface area contributed by atoms with E-state index in [9.17, 15) is 0 Å². The molecule has 0 aromatic carbocycles. The van der Waals surface area contributed by atoms with Crippen LogP contribution in [0.4, 0.5) is 0 Å². The van der Waals surface area contributed by atoms with Gasteiger partial charge in [-0.2, -0.15) is 5.10 Å². The maximum Gasteiger partial charge on any atom is 0.153 e. The van der Waals surface area contributed by atoms with Crippen molar-refractivity contribution in [3.63, 3.8) is 0 Å². The van der Waals surface area contributed by atoms with E-state index in [1.165, 1.54) is 10.7 Å². The SMILES string of the molecule is [2H]c1cnc2cccnn12. The molecule has 2 rings (SSSR count). The fraction of sp³-hybridized carbons (Fsp3) is 0. The smallest absolute Gasteiger partial charge is 0.153 e. The molecule has 0 saturated heterocycles. The zero-order chi connectivity index (χ0) is 6.97. The lowest BCUT2D eigenvalue weighted by atomic mass is 10.6. The molecule has 0 radical (unpaired) electrons. The third-order valence-electron chi connectivity index (χ3n) is 1.11. The summed E-state index contributed by atoms with van der Waals surface area (Å²) in [6.45, 7) is 0. The molecule has 3 heteroatoms. The van der Waals surface area contributed by atoms with E-state index < -0.39 is 0 Å². The number of aromatic nitrogens is 3. The summed E-state index contributed by atoms with van der Waals surface area (Å²) >= 11 is 0. The molecular weight excluding hydrogens is 114 g/mol. The first-order valence-electron chi connectivity index (χ1n) is 3.13. The van der Waals surface area contributed by atoms with E-state index >= 15 is 0 Å². The van der Waals surface area contributed by atoms with Crippen molar-refractivity contribution in [2.24, 2.45) is 0 Å². The number of fused-ring (bicyclic) bond motifs is 1. The molecule has 0 atom stereocenters. The highest BCUT2D eigenvalue weighted by Crippen LogP contribution is 1.93. The Labute approximate surface area is 53.4 Å². The summed E-state index contributed by atoms with van der Waals surface area (Å²) in [4.78, 5) is 3.93. The molecule has 9 heavy (non-hydrogen) atoms. The van der Waals surface area contributed by atoms with Gasteiger partial charge in [0.05, 0.1) is 1.37 Å². The molecule has 0 unspecified atom stereocenters. The highest BCUT2D eigenvalue weighted by atomic mass is 15.2. The van der Waals surface area contributed by atoms with Crippen LogP contribution in [-0.2, 0) is 0 Å². The Hall–Kier alpha value is -1.38. The molecule has 0 bridgehead atoms. The lowest BCUT2D eigenvalue weighted by Crippen LogP contribution is -1.85. The predicted molar refractivity (Wildman–Crippen MR) is 33.0 cm³/mol. The standard InChI is InChI=1S/C6H5N3/c1-2-6-7-4-5-9(6)8-3-1/h1-5H/i5D. The molecule has 0 N–H and O–H groups in total. The van der Waals surface area contributed by atoms with Crippen molar-refractivity contribution in [1.82, 2.24) is 14.6 Å². The zero-order valence-electron chi connectivity index (χ0n) is 5.65. The summed E-state index contributed by atoms with van der Waals surface area (Å²) in [6.07, 6.45) is 3.42. The number of nitrogens with zero attached hydrogens (tertiary/aromatic N) is 3. The maximum absolute atomic E-state index is 7.28. The summed E-state index contributed by atoms with van der Waals surface area (Å²) in [5, 5.41) is 3.91. The van der Waals surface area contributed by atoms with Crippen molar-refractivity contribution in [2.75, 3.05) is 0 Å². The summed E-state index contributed by atoms with van der Waals surface area (Å²) in [5.41, 5.74) is 0.715. The maximum atomic E-state index is 7.28. The zero-order valence-corrected chi connectivity index (χ0v) is 4.65. The quantitative estimate of drug-likeness (QED) is 0.513. The van der Waals surface area contributed by atoms with Crippen molar-refractivity contribution < 1.29 is 1.37 Å². The van der Waals surface area contributed by atoms with Gasteiger partial charge >= 0.3 is 0 Å². The molecule has 0 saturated carbocycles. The topological polar surface area (TPSA) is 30.2 Å². The Morgan fingerprint density at radius 1 is 1.56 bits per heavy atom. The Balaban J connectivity index is 2.93. The summed E-state index contributed by atoms with van der Waals surface area (Å²) in [7, 11) is 0. The summed E-state index contributed by atoms with van der Waals surface area (Å²) in [5.74, 6) is 0. The first-order chi connectivity index (χ1) is 4.88. The largest absolute Gasteiger partial charge is 0.236 e. The van der Waals surface area contributed by atoms with Gasteiger partial charge < -0.3 is 0 Å². The van der Waals surface area contributed by atoms with E-state index in [0.29, 0.717) is 11.8 Å². The lowest BCUT2D eigenvalue weighted by Gasteiger charge is -1.85. The van der Waals surface area contributed by atoms with Crippen LogP contribution in [0.3, 0.4) is 0 Å². The van der Waals surface area contributed by atoms with Gasteiger partial charge in [0.15, 0.2) is 5.65 Å². The normalized spacial score (nSPS) is 11.8. The minimum Gasteiger partial charge on any atom is -0.236 e. The van der Waals surface area contributed by atoms with E-state index in [1.807, 2.05) is 6.07 Å². The van der Waals surface area contributed by atoms with E-state index in [1.54, 1.807) is 12.3 Å². The summed E-state index contributed by atoms with van der Waals surface area (Å²) < 4.78 is 8.75. The second kappa shape index (κ2) is 1.55. The number of rotatable bonds is 0. The molecule has 0 aliphatic heterocycles. The highest BCUT2D eigenvalue weighted by molar-refractivity contribution is 5.34. The molecule has 0 aliphatic rings. The molecule has 44 valence electrons. The average molecular weight is 120 g/mol.